The number of terminal acetylenes is 1. The fourth-order valence-corrected chi connectivity index (χ4v) is 3.23. The molecule has 0 nitrogen and oxygen atoms in total. The smallest absolute Gasteiger partial charge is 0.123 e. The first-order chi connectivity index (χ1) is 10.8. The number of hydrogen-bond acceptors (Lipinski definition) is 0. The van der Waals surface area contributed by atoms with E-state index in [9.17, 15) is 4.39 Å². The molecule has 1 aromatic carbocycles. The third-order valence-corrected chi connectivity index (χ3v) is 4.77. The maximum Gasteiger partial charge on any atom is 0.123 e. The molecule has 0 N–H and O–H groups in total. The van der Waals surface area contributed by atoms with Crippen molar-refractivity contribution in [3.8, 4) is 12.3 Å². The molecule has 1 aliphatic rings. The molecule has 0 bridgehead atoms. The zero-order valence-electron chi connectivity index (χ0n) is 14.5. The summed E-state index contributed by atoms with van der Waals surface area (Å²) >= 11 is 0. The van der Waals surface area contributed by atoms with E-state index in [4.69, 9.17) is 6.42 Å². The van der Waals surface area contributed by atoms with Crippen LogP contribution < -0.4 is 0 Å². The van der Waals surface area contributed by atoms with Crippen molar-refractivity contribution in [3.63, 3.8) is 0 Å². The number of aryl methyl sites for hydroxylation is 1. The summed E-state index contributed by atoms with van der Waals surface area (Å²) in [5.74, 6) is 2.64. The first-order valence-electron chi connectivity index (χ1n) is 7.77. The van der Waals surface area contributed by atoms with Gasteiger partial charge < -0.3 is 0 Å². The van der Waals surface area contributed by atoms with E-state index in [0.29, 0.717) is 0 Å². The van der Waals surface area contributed by atoms with Gasteiger partial charge in [0.2, 0.25) is 0 Å². The normalized spacial score (nSPS) is 17.9. The van der Waals surface area contributed by atoms with E-state index < -0.39 is 0 Å². The van der Waals surface area contributed by atoms with Crippen molar-refractivity contribution in [1.82, 2.24) is 0 Å². The van der Waals surface area contributed by atoms with E-state index in [2.05, 4.69) is 33.3 Å². The van der Waals surface area contributed by atoms with Gasteiger partial charge in [0.25, 0.3) is 0 Å². The van der Waals surface area contributed by atoms with Gasteiger partial charge in [0.05, 0.1) is 0 Å². The molecular weight excluding hydrogens is 283 g/mol. The molecule has 0 amide bonds. The second-order valence-electron chi connectivity index (χ2n) is 6.50. The summed E-state index contributed by atoms with van der Waals surface area (Å²) in [5.41, 5.74) is 6.73. The molecule has 0 saturated heterocycles. The second kappa shape index (κ2) is 6.05. The van der Waals surface area contributed by atoms with Crippen LogP contribution in [-0.4, -0.2) is 0 Å². The zero-order chi connectivity index (χ0) is 17.4. The monoisotopic (exact) mass is 306 g/mol. The number of halogens is 1. The molecule has 1 aromatic rings. The highest BCUT2D eigenvalue weighted by molar-refractivity contribution is 5.91. The van der Waals surface area contributed by atoms with Crippen LogP contribution in [0.5, 0.6) is 0 Å². The predicted molar refractivity (Wildman–Crippen MR) is 97.3 cm³/mol. The van der Waals surface area contributed by atoms with E-state index in [-0.39, 0.29) is 11.2 Å². The number of benzene rings is 1. The van der Waals surface area contributed by atoms with Gasteiger partial charge in [0.15, 0.2) is 0 Å². The minimum absolute atomic E-state index is 0.223. The van der Waals surface area contributed by atoms with Crippen LogP contribution in [0.4, 0.5) is 4.39 Å². The van der Waals surface area contributed by atoms with Crippen LogP contribution in [0.25, 0.3) is 5.57 Å². The third kappa shape index (κ3) is 2.70. The van der Waals surface area contributed by atoms with Gasteiger partial charge in [-0.2, -0.15) is 0 Å². The van der Waals surface area contributed by atoms with Crippen molar-refractivity contribution in [2.24, 2.45) is 5.41 Å². The lowest BCUT2D eigenvalue weighted by Gasteiger charge is -2.37. The van der Waals surface area contributed by atoms with Gasteiger partial charge in [-0.25, -0.2) is 4.39 Å². The number of rotatable bonds is 2. The topological polar surface area (TPSA) is 0 Å². The van der Waals surface area contributed by atoms with Gasteiger partial charge in [-0.05, 0) is 60.8 Å². The van der Waals surface area contributed by atoms with Crippen LogP contribution in [0.3, 0.4) is 0 Å². The van der Waals surface area contributed by atoms with Crippen LogP contribution in [0.1, 0.15) is 38.8 Å². The van der Waals surface area contributed by atoms with Crippen molar-refractivity contribution in [2.45, 2.75) is 34.6 Å². The summed E-state index contributed by atoms with van der Waals surface area (Å²) in [7, 11) is 0. The van der Waals surface area contributed by atoms with Crippen LogP contribution >= 0.6 is 0 Å². The maximum absolute atomic E-state index is 13.5. The fourth-order valence-electron chi connectivity index (χ4n) is 3.23. The highest BCUT2D eigenvalue weighted by Gasteiger charge is 2.35. The van der Waals surface area contributed by atoms with Gasteiger partial charge in [-0.1, -0.05) is 50.1 Å². The third-order valence-electron chi connectivity index (χ3n) is 4.77. The van der Waals surface area contributed by atoms with Gasteiger partial charge in [0, 0.05) is 11.0 Å². The van der Waals surface area contributed by atoms with Gasteiger partial charge in [0.1, 0.15) is 5.82 Å². The highest BCUT2D eigenvalue weighted by atomic mass is 19.1. The van der Waals surface area contributed by atoms with E-state index in [1.165, 1.54) is 11.6 Å². The molecule has 0 saturated carbocycles. The van der Waals surface area contributed by atoms with E-state index >= 15 is 0 Å². The highest BCUT2D eigenvalue weighted by Crippen LogP contribution is 2.49. The molecule has 0 spiro atoms. The number of hydrogen-bond donors (Lipinski definition) is 0. The summed E-state index contributed by atoms with van der Waals surface area (Å²) in [4.78, 5) is 0. The van der Waals surface area contributed by atoms with Gasteiger partial charge >= 0.3 is 0 Å². The van der Waals surface area contributed by atoms with Gasteiger partial charge in [-0.3, -0.25) is 0 Å². The SMILES string of the molecule is C#CC1=C(/C=C\C)C(=C)C(c2ccc(F)cc2C)=C(C)C1(C)C. The lowest BCUT2D eigenvalue weighted by molar-refractivity contribution is 0.550. The Labute approximate surface area is 139 Å². The first kappa shape index (κ1) is 17.0. The average molecular weight is 306 g/mol. The largest absolute Gasteiger partial charge is 0.207 e. The summed E-state index contributed by atoms with van der Waals surface area (Å²) in [5, 5.41) is 0. The van der Waals surface area contributed by atoms with Crippen LogP contribution in [-0.2, 0) is 0 Å². The van der Waals surface area contributed by atoms with Crippen molar-refractivity contribution in [3.05, 3.63) is 76.2 Å². The Morgan fingerprint density at radius 3 is 2.43 bits per heavy atom. The van der Waals surface area contributed by atoms with Crippen molar-refractivity contribution in [1.29, 1.82) is 0 Å². The Balaban J connectivity index is 2.79. The Hall–Kier alpha value is -2.33. The standard InChI is InChI=1S/C22H23F/c1-8-10-19-15(4)21(16(5)22(6,7)20(19)9-2)18-12-11-17(23)13-14(18)3/h2,8,10-13H,4H2,1,3,5-7H3/b10-8-. The quantitative estimate of drug-likeness (QED) is 0.587. The lowest BCUT2D eigenvalue weighted by atomic mass is 9.66. The Morgan fingerprint density at radius 2 is 1.91 bits per heavy atom. The van der Waals surface area contributed by atoms with Crippen LogP contribution in [0.15, 0.2) is 59.2 Å². The minimum Gasteiger partial charge on any atom is -0.207 e. The minimum atomic E-state index is -0.263. The molecule has 0 fully saturated rings. The van der Waals surface area contributed by atoms with Crippen molar-refractivity contribution in [2.75, 3.05) is 0 Å². The van der Waals surface area contributed by atoms with Crippen molar-refractivity contribution >= 4 is 5.57 Å². The Kier molecular flexibility index (Phi) is 4.48. The molecule has 0 aromatic heterocycles. The first-order valence-corrected chi connectivity index (χ1v) is 7.77. The van der Waals surface area contributed by atoms with E-state index in [0.717, 1.165) is 33.4 Å². The maximum atomic E-state index is 13.5. The summed E-state index contributed by atoms with van der Waals surface area (Å²) < 4.78 is 13.5. The summed E-state index contributed by atoms with van der Waals surface area (Å²) in [6, 6.07) is 4.89. The molecule has 0 radical (unpaired) electrons. The van der Waals surface area contributed by atoms with Crippen molar-refractivity contribution < 1.29 is 4.39 Å². The van der Waals surface area contributed by atoms with Crippen LogP contribution in [0.2, 0.25) is 0 Å². The van der Waals surface area contributed by atoms with E-state index in [1.807, 2.05) is 32.1 Å². The molecular formula is C22H23F. The van der Waals surface area contributed by atoms with E-state index in [1.54, 1.807) is 6.07 Å². The predicted octanol–water partition coefficient (Wildman–Crippen LogP) is 6.01. The lowest BCUT2D eigenvalue weighted by Crippen LogP contribution is -2.23. The molecule has 1 heteroatoms. The average Bonchev–Trinajstić information content (AvgIpc) is 2.47. The fraction of sp³-hybridized carbons (Fsp3) is 0.273. The second-order valence-corrected chi connectivity index (χ2v) is 6.50. The molecule has 2 rings (SSSR count). The summed E-state index contributed by atoms with van der Waals surface area (Å²) in [6.07, 6.45) is 9.80. The van der Waals surface area contributed by atoms with Gasteiger partial charge in [-0.15, -0.1) is 6.42 Å². The zero-order valence-corrected chi connectivity index (χ0v) is 14.5. The Bertz CT molecular complexity index is 805. The summed E-state index contributed by atoms with van der Waals surface area (Å²) in [6.45, 7) is 14.5. The Morgan fingerprint density at radius 1 is 1.26 bits per heavy atom. The number of allylic oxidation sites excluding steroid dienone is 7. The molecule has 0 unspecified atom stereocenters. The molecule has 0 atom stereocenters. The molecule has 0 heterocycles. The molecule has 23 heavy (non-hydrogen) atoms. The molecule has 0 aliphatic heterocycles. The van der Waals surface area contributed by atoms with Crippen LogP contribution in [0, 0.1) is 30.5 Å². The molecule has 1 aliphatic carbocycles. The molecule has 118 valence electrons.